The second-order valence-electron chi connectivity index (χ2n) is 4.92. The van der Waals surface area contributed by atoms with Crippen molar-refractivity contribution >= 4 is 35.1 Å². The van der Waals surface area contributed by atoms with Gasteiger partial charge in [-0.2, -0.15) is 0 Å². The largest absolute Gasteiger partial charge is 0.481 e. The molecule has 0 aliphatic rings. The third kappa shape index (κ3) is 3.78. The number of aromatic nitrogens is 2. The van der Waals surface area contributed by atoms with Gasteiger partial charge >= 0.3 is 11.9 Å². The zero-order valence-electron chi connectivity index (χ0n) is 12.1. The summed E-state index contributed by atoms with van der Waals surface area (Å²) in [4.78, 5) is 38.3. The molecular weight excluding hydrogens is 326 g/mol. The van der Waals surface area contributed by atoms with Crippen molar-refractivity contribution in [3.63, 3.8) is 0 Å². The first kappa shape index (κ1) is 16.8. The Morgan fingerprint density at radius 1 is 1.39 bits per heavy atom. The number of carboxylic acid groups (broad SMARTS) is 2. The van der Waals surface area contributed by atoms with Crippen molar-refractivity contribution in [1.82, 2.24) is 14.7 Å². The Morgan fingerprint density at radius 2 is 2.09 bits per heavy atom. The monoisotopic (exact) mass is 339 g/mol. The molecule has 0 spiro atoms. The molecule has 1 amide bonds. The topological polar surface area (TPSA) is 121 Å². The lowest BCUT2D eigenvalue weighted by Crippen LogP contribution is -2.41. The zero-order chi connectivity index (χ0) is 17.1. The maximum absolute atomic E-state index is 12.4. The number of aliphatic carboxylic acids is 2. The Kier molecular flexibility index (Phi) is 4.85. The van der Waals surface area contributed by atoms with Crippen LogP contribution in [0.2, 0.25) is 5.02 Å². The van der Waals surface area contributed by atoms with Gasteiger partial charge in [0.05, 0.1) is 5.69 Å². The maximum Gasteiger partial charge on any atom is 0.326 e. The molecule has 3 N–H and O–H groups in total. The first-order chi connectivity index (χ1) is 10.8. The van der Waals surface area contributed by atoms with Gasteiger partial charge in [0.25, 0.3) is 5.91 Å². The second-order valence-corrected chi connectivity index (χ2v) is 5.35. The molecule has 9 heteroatoms. The van der Waals surface area contributed by atoms with Crippen LogP contribution >= 0.6 is 11.6 Å². The third-order valence-corrected chi connectivity index (χ3v) is 3.46. The highest BCUT2D eigenvalue weighted by Gasteiger charge is 2.24. The van der Waals surface area contributed by atoms with Crippen LogP contribution in [0, 0.1) is 6.92 Å². The first-order valence-electron chi connectivity index (χ1n) is 6.69. The number of hydrogen-bond acceptors (Lipinski definition) is 4. The minimum atomic E-state index is -1.30. The summed E-state index contributed by atoms with van der Waals surface area (Å²) in [6, 6.07) is 1.85. The lowest BCUT2D eigenvalue weighted by molar-refractivity contribution is -0.140. The number of fused-ring (bicyclic) bond motifs is 1. The van der Waals surface area contributed by atoms with Crippen LogP contribution in [0.4, 0.5) is 0 Å². The van der Waals surface area contributed by atoms with Crippen molar-refractivity contribution in [2.45, 2.75) is 25.8 Å². The summed E-state index contributed by atoms with van der Waals surface area (Å²) in [5.74, 6) is -3.07. The second kappa shape index (κ2) is 6.66. The summed E-state index contributed by atoms with van der Waals surface area (Å²) in [6.45, 7) is 1.61. The number of rotatable bonds is 6. The molecule has 0 aliphatic carbocycles. The van der Waals surface area contributed by atoms with Crippen molar-refractivity contribution in [2.75, 3.05) is 0 Å². The number of halogens is 1. The quantitative estimate of drug-likeness (QED) is 0.730. The van der Waals surface area contributed by atoms with Crippen LogP contribution in [0.1, 0.15) is 29.0 Å². The van der Waals surface area contributed by atoms with Gasteiger partial charge in [0, 0.05) is 23.7 Å². The number of carbonyl (C=O) groups is 3. The molecule has 0 saturated heterocycles. The first-order valence-corrected chi connectivity index (χ1v) is 7.07. The van der Waals surface area contributed by atoms with E-state index in [4.69, 9.17) is 21.8 Å². The van der Waals surface area contributed by atoms with Crippen LogP contribution in [0.25, 0.3) is 5.65 Å². The van der Waals surface area contributed by atoms with E-state index in [1.807, 2.05) is 0 Å². The highest BCUT2D eigenvalue weighted by Crippen LogP contribution is 2.16. The summed E-state index contributed by atoms with van der Waals surface area (Å²) in [5.41, 5.74) is 1.04. The van der Waals surface area contributed by atoms with Crippen LogP contribution in [-0.4, -0.2) is 43.5 Å². The predicted molar refractivity (Wildman–Crippen MR) is 80.7 cm³/mol. The Morgan fingerprint density at radius 3 is 2.70 bits per heavy atom. The predicted octanol–water partition coefficient (Wildman–Crippen LogP) is 1.34. The standard InChI is InChI=1S/C14H14ClN3O5/c1-7-12(18-5-4-8(15)6-10(18)16-7)13(21)17-9(14(22)23)2-3-11(19)20/h4-6,9H,2-3H2,1H3,(H,17,21)(H,19,20)(H,22,23). The molecule has 2 rings (SSSR count). The Bertz CT molecular complexity index is 786. The summed E-state index contributed by atoms with van der Waals surface area (Å²) in [5, 5.41) is 20.5. The van der Waals surface area contributed by atoms with Crippen molar-refractivity contribution in [2.24, 2.45) is 0 Å². The Balaban J connectivity index is 2.27. The smallest absolute Gasteiger partial charge is 0.326 e. The summed E-state index contributed by atoms with van der Waals surface area (Å²) < 4.78 is 1.49. The Hall–Kier alpha value is -2.61. The van der Waals surface area contributed by atoms with Gasteiger partial charge < -0.3 is 15.5 Å². The lowest BCUT2D eigenvalue weighted by atomic mass is 10.1. The molecule has 0 fully saturated rings. The van der Waals surface area contributed by atoms with Crippen LogP contribution in [0.15, 0.2) is 18.3 Å². The number of pyridine rings is 1. The fraction of sp³-hybridized carbons (Fsp3) is 0.286. The number of amides is 1. The fourth-order valence-electron chi connectivity index (χ4n) is 2.16. The molecule has 2 heterocycles. The van der Waals surface area contributed by atoms with Gasteiger partial charge in [-0.15, -0.1) is 0 Å². The molecule has 0 aliphatic heterocycles. The normalized spacial score (nSPS) is 12.1. The van der Waals surface area contributed by atoms with Crippen LogP contribution in [0.3, 0.4) is 0 Å². The number of nitrogens with zero attached hydrogens (tertiary/aromatic N) is 2. The molecule has 23 heavy (non-hydrogen) atoms. The molecule has 2 aromatic rings. The van der Waals surface area contributed by atoms with Gasteiger partial charge in [0.2, 0.25) is 0 Å². The Labute approximate surface area is 135 Å². The molecule has 1 unspecified atom stereocenters. The molecule has 0 bridgehead atoms. The molecule has 0 aromatic carbocycles. The van der Waals surface area contributed by atoms with E-state index in [0.29, 0.717) is 16.4 Å². The summed E-state index contributed by atoms with van der Waals surface area (Å²) >= 11 is 5.87. The number of nitrogens with one attached hydrogen (secondary N) is 1. The maximum atomic E-state index is 12.4. The number of carbonyl (C=O) groups excluding carboxylic acids is 1. The summed E-state index contributed by atoms with van der Waals surface area (Å²) in [6.07, 6.45) is 0.983. The van der Waals surface area contributed by atoms with E-state index in [-0.39, 0.29) is 18.5 Å². The number of carboxylic acids is 2. The number of aryl methyl sites for hydroxylation is 1. The van der Waals surface area contributed by atoms with Crippen molar-refractivity contribution in [1.29, 1.82) is 0 Å². The van der Waals surface area contributed by atoms with Gasteiger partial charge in [-0.1, -0.05) is 11.6 Å². The molecule has 8 nitrogen and oxygen atoms in total. The van der Waals surface area contributed by atoms with E-state index in [2.05, 4.69) is 10.3 Å². The molecule has 0 radical (unpaired) electrons. The lowest BCUT2D eigenvalue weighted by Gasteiger charge is -2.13. The van der Waals surface area contributed by atoms with Crippen LogP contribution < -0.4 is 5.32 Å². The van der Waals surface area contributed by atoms with E-state index in [1.54, 1.807) is 25.3 Å². The van der Waals surface area contributed by atoms with Crippen molar-refractivity contribution < 1.29 is 24.6 Å². The third-order valence-electron chi connectivity index (χ3n) is 3.23. The van der Waals surface area contributed by atoms with Gasteiger partial charge in [0.15, 0.2) is 0 Å². The number of hydrogen-bond donors (Lipinski definition) is 3. The molecule has 2 aromatic heterocycles. The average molecular weight is 340 g/mol. The van der Waals surface area contributed by atoms with Crippen LogP contribution in [-0.2, 0) is 9.59 Å². The van der Waals surface area contributed by atoms with Crippen LogP contribution in [0.5, 0.6) is 0 Å². The van der Waals surface area contributed by atoms with E-state index in [0.717, 1.165) is 0 Å². The van der Waals surface area contributed by atoms with Gasteiger partial charge in [0.1, 0.15) is 17.4 Å². The van der Waals surface area contributed by atoms with E-state index < -0.39 is 23.9 Å². The van der Waals surface area contributed by atoms with E-state index in [9.17, 15) is 14.4 Å². The molecule has 122 valence electrons. The molecule has 0 saturated carbocycles. The van der Waals surface area contributed by atoms with Gasteiger partial charge in [-0.25, -0.2) is 9.78 Å². The average Bonchev–Trinajstić information content (AvgIpc) is 2.77. The van der Waals surface area contributed by atoms with Crippen molar-refractivity contribution in [3.05, 3.63) is 34.7 Å². The van der Waals surface area contributed by atoms with Gasteiger partial charge in [-0.05, 0) is 19.4 Å². The van der Waals surface area contributed by atoms with E-state index >= 15 is 0 Å². The minimum absolute atomic E-state index is 0.179. The molecular formula is C14H14ClN3O5. The zero-order valence-corrected chi connectivity index (χ0v) is 12.9. The van der Waals surface area contributed by atoms with Crippen molar-refractivity contribution in [3.8, 4) is 0 Å². The van der Waals surface area contributed by atoms with Gasteiger partial charge in [-0.3, -0.25) is 14.0 Å². The highest BCUT2D eigenvalue weighted by molar-refractivity contribution is 6.30. The fourth-order valence-corrected chi connectivity index (χ4v) is 2.32. The van der Waals surface area contributed by atoms with E-state index in [1.165, 1.54) is 4.40 Å². The SMILES string of the molecule is Cc1nc2cc(Cl)ccn2c1C(=O)NC(CCC(=O)O)C(=O)O. The highest BCUT2D eigenvalue weighted by atomic mass is 35.5. The number of imidazole rings is 1. The minimum Gasteiger partial charge on any atom is -0.481 e. The summed E-state index contributed by atoms with van der Waals surface area (Å²) in [7, 11) is 0. The molecule has 1 atom stereocenters.